The maximum absolute atomic E-state index is 2.44. The second-order valence-corrected chi connectivity index (χ2v) is 32.4. The third kappa shape index (κ3) is 11.4. The quantitative estimate of drug-likeness (QED) is 0.122. The van der Waals surface area contributed by atoms with E-state index in [2.05, 4.69) is 458 Å². The predicted molar refractivity (Wildman–Crippen MR) is 512 cm³/mol. The van der Waals surface area contributed by atoms with Crippen LogP contribution in [0.1, 0.15) is 22.3 Å². The molecule has 4 nitrogen and oxygen atoms in total. The van der Waals surface area contributed by atoms with Gasteiger partial charge in [-0.15, -0.1) is 0 Å². The van der Waals surface area contributed by atoms with Gasteiger partial charge in [-0.05, 0) is 293 Å². The lowest BCUT2D eigenvalue weighted by molar-refractivity contribution is 1.18. The molecule has 0 unspecified atom stereocenters. The fourth-order valence-corrected chi connectivity index (χ4v) is 19.8. The Morgan fingerprint density at radius 1 is 0.150 bits per heavy atom. The summed E-state index contributed by atoms with van der Waals surface area (Å²) in [6.45, 7) is 9.06. The number of para-hydroxylation sites is 8. The number of nitrogens with zero attached hydrogens (tertiary/aromatic N) is 4. The summed E-state index contributed by atoms with van der Waals surface area (Å²) in [4.78, 5) is 0. The first-order valence-electron chi connectivity index (χ1n) is 41.7. The fraction of sp³-hybridized carbons (Fsp3) is 0.0345. The van der Waals surface area contributed by atoms with Crippen molar-refractivity contribution in [2.75, 3.05) is 0 Å². The van der Waals surface area contributed by atoms with Gasteiger partial charge in [-0.1, -0.05) is 279 Å². The largest absolute Gasteiger partial charge is 0.309 e. The molecule has 0 atom stereocenters. The molecular formula is C116H80N4. The normalized spacial score (nSPS) is 11.8. The zero-order chi connectivity index (χ0) is 79.8. The van der Waals surface area contributed by atoms with Crippen molar-refractivity contribution in [1.82, 2.24) is 18.3 Å². The summed E-state index contributed by atoms with van der Waals surface area (Å²) in [5.41, 5.74) is 34.3. The van der Waals surface area contributed by atoms with Gasteiger partial charge in [0.05, 0.1) is 44.1 Å². The van der Waals surface area contributed by atoms with Gasteiger partial charge in [-0.25, -0.2) is 0 Å². The van der Waals surface area contributed by atoms with E-state index in [9.17, 15) is 0 Å². The van der Waals surface area contributed by atoms with Gasteiger partial charge in [-0.2, -0.15) is 0 Å². The Labute approximate surface area is 695 Å². The molecule has 0 N–H and O–H groups in total. The number of aryl methyl sites for hydroxylation is 2. The summed E-state index contributed by atoms with van der Waals surface area (Å²) in [6.07, 6.45) is 0. The fourth-order valence-electron chi connectivity index (χ4n) is 19.8. The number of rotatable bonds is 10. The maximum Gasteiger partial charge on any atom is 0.0541 e. The SMILES string of the molecule is Cc1cc2cc3c(-c4ccc(-n5c6ccccc6c6ccccc65)cc4)c(C)c(C)cc3cc2c(-c2ccc(-n3c4ccccc4c4ccccc43)cc2)c1C.c1ccc(-c2cc(-c3cccc4cc5c(-c6cc(-c7ccccc7)cc(-n7c8ccccc8c8ccccc87)c6)cccc5cc34)cc(-n3c4ccccc4c4ccccc43)c2)cc1. The topological polar surface area (TPSA) is 19.7 Å². The van der Waals surface area contributed by atoms with Crippen molar-refractivity contribution in [1.29, 1.82) is 0 Å². The van der Waals surface area contributed by atoms with Crippen LogP contribution in [0.3, 0.4) is 0 Å². The Morgan fingerprint density at radius 3 is 0.708 bits per heavy atom. The van der Waals surface area contributed by atoms with Gasteiger partial charge in [0, 0.05) is 65.8 Å². The number of hydrogen-bond acceptors (Lipinski definition) is 0. The van der Waals surface area contributed by atoms with Crippen LogP contribution >= 0.6 is 0 Å². The Hall–Kier alpha value is -15.4. The third-order valence-corrected chi connectivity index (χ3v) is 25.7. The van der Waals surface area contributed by atoms with Crippen LogP contribution in [-0.4, -0.2) is 18.3 Å². The highest BCUT2D eigenvalue weighted by Gasteiger charge is 2.23. The highest BCUT2D eigenvalue weighted by atomic mass is 15.0. The molecule has 0 bridgehead atoms. The molecule has 120 heavy (non-hydrogen) atoms. The van der Waals surface area contributed by atoms with Crippen molar-refractivity contribution in [2.24, 2.45) is 0 Å². The standard InChI is InChI=1S/C62H40N2.C54H40N2/c1-3-17-41(18-4-1)45-33-47(37-49(35-45)63-59-29-11-7-23-53(59)54-24-8-12-30-60(54)63)51-27-15-21-43-40-58-44(39-57(43)51)22-16-28-52(58)48-34-46(42-19-5-2-6-20-42)36-50(38-48)64-61-31-13-9-25-55(61)56-26-10-14-32-62(56)64;1-33-29-39-31-48-40(30-34(2)36(4)54(48)38-23-27-42(28-24-38)56-51-19-11-7-15-45(51)46-16-8-12-20-52(46)56)32-47(39)53(35(33)3)37-21-25-41(26-22-37)55-49-17-9-5-13-43(49)44-14-6-10-18-50(44)55/h1-40H;5-32H,1-4H3. The van der Waals surface area contributed by atoms with Gasteiger partial charge in [0.2, 0.25) is 0 Å². The summed E-state index contributed by atoms with van der Waals surface area (Å²) in [5.74, 6) is 0. The van der Waals surface area contributed by atoms with Gasteiger partial charge < -0.3 is 18.3 Å². The Balaban J connectivity index is 0.000000141. The highest BCUT2D eigenvalue weighted by molar-refractivity contribution is 6.16. The van der Waals surface area contributed by atoms with E-state index in [1.807, 2.05) is 0 Å². The number of fused-ring (bicyclic) bond motifs is 16. The predicted octanol–water partition coefficient (Wildman–Crippen LogP) is 31.6. The van der Waals surface area contributed by atoms with Crippen LogP contribution in [0.4, 0.5) is 0 Å². The zero-order valence-corrected chi connectivity index (χ0v) is 67.0. The molecule has 20 aromatic carbocycles. The molecule has 4 heterocycles. The molecular weight excluding hydrogens is 1450 g/mol. The van der Waals surface area contributed by atoms with Crippen molar-refractivity contribution in [3.8, 4) is 89.5 Å². The van der Waals surface area contributed by atoms with Crippen LogP contribution in [0, 0.1) is 27.7 Å². The summed E-state index contributed by atoms with van der Waals surface area (Å²) >= 11 is 0. The molecule has 0 aliphatic rings. The zero-order valence-electron chi connectivity index (χ0n) is 67.0. The van der Waals surface area contributed by atoms with Crippen molar-refractivity contribution >= 4 is 130 Å². The molecule has 0 fully saturated rings. The lowest BCUT2D eigenvalue weighted by Gasteiger charge is -2.19. The molecule has 4 heteroatoms. The Morgan fingerprint density at radius 2 is 0.408 bits per heavy atom. The summed E-state index contributed by atoms with van der Waals surface area (Å²) < 4.78 is 9.66. The first-order chi connectivity index (χ1) is 59.2. The number of benzene rings is 20. The van der Waals surface area contributed by atoms with Crippen LogP contribution in [0.2, 0.25) is 0 Å². The molecule has 0 spiro atoms. The van der Waals surface area contributed by atoms with Gasteiger partial charge in [0.15, 0.2) is 0 Å². The summed E-state index contributed by atoms with van der Waals surface area (Å²) in [7, 11) is 0. The summed E-state index contributed by atoms with van der Waals surface area (Å²) in [6, 6.07) is 152. The maximum atomic E-state index is 2.44. The van der Waals surface area contributed by atoms with Crippen LogP contribution in [-0.2, 0) is 0 Å². The molecule has 0 aliphatic heterocycles. The van der Waals surface area contributed by atoms with E-state index in [0.717, 1.165) is 11.4 Å². The molecule has 0 aliphatic carbocycles. The van der Waals surface area contributed by atoms with Crippen LogP contribution < -0.4 is 0 Å². The van der Waals surface area contributed by atoms with Gasteiger partial charge >= 0.3 is 0 Å². The minimum absolute atomic E-state index is 1.14. The van der Waals surface area contributed by atoms with Crippen LogP contribution in [0.5, 0.6) is 0 Å². The molecule has 564 valence electrons. The van der Waals surface area contributed by atoms with Crippen LogP contribution in [0.15, 0.2) is 413 Å². The molecule has 24 aromatic rings. The molecule has 24 rings (SSSR count). The first-order valence-corrected chi connectivity index (χ1v) is 41.7. The number of hydrogen-bond donors (Lipinski definition) is 0. The second kappa shape index (κ2) is 28.2. The van der Waals surface area contributed by atoms with Crippen molar-refractivity contribution in [3.63, 3.8) is 0 Å². The van der Waals surface area contributed by atoms with Crippen molar-refractivity contribution in [2.45, 2.75) is 27.7 Å². The Bertz CT molecular complexity index is 7590. The van der Waals surface area contributed by atoms with Gasteiger partial charge in [-0.3, -0.25) is 0 Å². The second-order valence-electron chi connectivity index (χ2n) is 32.4. The first kappa shape index (κ1) is 70.1. The molecule has 0 radical (unpaired) electrons. The Kier molecular flexibility index (Phi) is 16.5. The van der Waals surface area contributed by atoms with E-state index in [-0.39, 0.29) is 0 Å². The van der Waals surface area contributed by atoms with E-state index < -0.39 is 0 Å². The average Bonchev–Trinajstić information content (AvgIpc) is 1.73. The monoisotopic (exact) mass is 1530 g/mol. The van der Waals surface area contributed by atoms with Gasteiger partial charge in [0.1, 0.15) is 0 Å². The molecule has 0 saturated heterocycles. The van der Waals surface area contributed by atoms with E-state index in [1.54, 1.807) is 0 Å². The van der Waals surface area contributed by atoms with E-state index >= 15 is 0 Å². The lowest BCUT2D eigenvalue weighted by Crippen LogP contribution is -1.96. The van der Waals surface area contributed by atoms with E-state index in [4.69, 9.17) is 0 Å². The third-order valence-electron chi connectivity index (χ3n) is 25.7. The smallest absolute Gasteiger partial charge is 0.0541 e. The lowest BCUT2D eigenvalue weighted by atomic mass is 9.86. The van der Waals surface area contributed by atoms with Crippen molar-refractivity contribution < 1.29 is 0 Å². The summed E-state index contributed by atoms with van der Waals surface area (Å²) in [5, 5.41) is 20.2. The molecule has 0 amide bonds. The average molecular weight is 1530 g/mol. The van der Waals surface area contributed by atoms with E-state index in [0.29, 0.717) is 0 Å². The minimum atomic E-state index is 1.14. The van der Waals surface area contributed by atoms with E-state index in [1.165, 1.54) is 231 Å². The van der Waals surface area contributed by atoms with Gasteiger partial charge in [0.25, 0.3) is 0 Å². The molecule has 4 aromatic heterocycles. The minimum Gasteiger partial charge on any atom is -0.309 e. The number of aromatic nitrogens is 4. The van der Waals surface area contributed by atoms with Crippen molar-refractivity contribution in [3.05, 3.63) is 435 Å². The molecule has 0 saturated carbocycles. The highest BCUT2D eigenvalue weighted by Crippen LogP contribution is 2.47. The van der Waals surface area contributed by atoms with Crippen LogP contribution in [0.25, 0.3) is 220 Å².